The van der Waals surface area contributed by atoms with Gasteiger partial charge < -0.3 is 4.90 Å². The van der Waals surface area contributed by atoms with Gasteiger partial charge in [0.2, 0.25) is 5.95 Å². The summed E-state index contributed by atoms with van der Waals surface area (Å²) < 4.78 is 14.6. The average molecular weight is 385 g/mol. The van der Waals surface area contributed by atoms with E-state index >= 15 is 0 Å². The predicted octanol–water partition coefficient (Wildman–Crippen LogP) is 4.26. The normalized spacial score (nSPS) is 15.4. The van der Waals surface area contributed by atoms with Crippen molar-refractivity contribution in [3.63, 3.8) is 0 Å². The van der Waals surface area contributed by atoms with Crippen LogP contribution in [0.2, 0.25) is 0 Å². The molecule has 1 N–H and O–H groups in total. The number of benzene rings is 1. The molecule has 1 aliphatic carbocycles. The standard InChI is InChI=1S/C22H28FN3O2/c1-22(2,3)16(14-8-9-15(13-6-7-13)17(23)10-14)11-19(27)18-12-20(28)25-21(24-18)26(4)5/h8-10,12-13,16H,6-7,11H2,1-5H3,(H,24,25,28)/t16-/m0/s1. The van der Waals surface area contributed by atoms with Gasteiger partial charge in [-0.05, 0) is 47.3 Å². The van der Waals surface area contributed by atoms with Crippen LogP contribution in [0, 0.1) is 11.2 Å². The van der Waals surface area contributed by atoms with Gasteiger partial charge in [-0.15, -0.1) is 0 Å². The van der Waals surface area contributed by atoms with E-state index in [-0.39, 0.29) is 40.6 Å². The van der Waals surface area contributed by atoms with E-state index < -0.39 is 0 Å². The van der Waals surface area contributed by atoms with Crippen LogP contribution in [0.4, 0.5) is 10.3 Å². The highest BCUT2D eigenvalue weighted by molar-refractivity contribution is 5.95. The fourth-order valence-electron chi connectivity index (χ4n) is 3.50. The first-order valence-electron chi connectivity index (χ1n) is 9.67. The molecule has 28 heavy (non-hydrogen) atoms. The smallest absolute Gasteiger partial charge is 0.252 e. The second kappa shape index (κ2) is 7.49. The number of hydrogen-bond donors (Lipinski definition) is 1. The number of rotatable bonds is 6. The van der Waals surface area contributed by atoms with Crippen LogP contribution in [-0.4, -0.2) is 29.8 Å². The fraction of sp³-hybridized carbons (Fsp3) is 0.500. The maximum atomic E-state index is 14.6. The topological polar surface area (TPSA) is 66.1 Å². The van der Waals surface area contributed by atoms with Crippen LogP contribution in [0.15, 0.2) is 29.1 Å². The molecule has 6 heteroatoms. The fourth-order valence-corrected chi connectivity index (χ4v) is 3.50. The van der Waals surface area contributed by atoms with Gasteiger partial charge in [-0.1, -0.05) is 32.9 Å². The van der Waals surface area contributed by atoms with Crippen molar-refractivity contribution >= 4 is 11.7 Å². The van der Waals surface area contributed by atoms with Crippen LogP contribution in [-0.2, 0) is 0 Å². The van der Waals surface area contributed by atoms with Crippen molar-refractivity contribution < 1.29 is 9.18 Å². The number of halogens is 1. The van der Waals surface area contributed by atoms with E-state index in [0.717, 1.165) is 24.0 Å². The first-order chi connectivity index (χ1) is 13.1. The molecule has 1 saturated carbocycles. The monoisotopic (exact) mass is 385 g/mol. The van der Waals surface area contributed by atoms with Crippen LogP contribution in [0.25, 0.3) is 0 Å². The number of H-pyrrole nitrogens is 1. The Balaban J connectivity index is 1.90. The van der Waals surface area contributed by atoms with Crippen molar-refractivity contribution in [1.82, 2.24) is 9.97 Å². The molecule has 1 atom stereocenters. The molecule has 1 fully saturated rings. The molecule has 2 aromatic rings. The van der Waals surface area contributed by atoms with Gasteiger partial charge in [0.1, 0.15) is 11.5 Å². The summed E-state index contributed by atoms with van der Waals surface area (Å²) in [5.41, 5.74) is 1.09. The van der Waals surface area contributed by atoms with Crippen molar-refractivity contribution in [2.75, 3.05) is 19.0 Å². The maximum absolute atomic E-state index is 14.6. The molecule has 0 bridgehead atoms. The van der Waals surface area contributed by atoms with Gasteiger partial charge in [0, 0.05) is 26.6 Å². The number of nitrogens with zero attached hydrogens (tertiary/aromatic N) is 2. The summed E-state index contributed by atoms with van der Waals surface area (Å²) in [6, 6.07) is 6.61. The maximum Gasteiger partial charge on any atom is 0.252 e. The minimum Gasteiger partial charge on any atom is -0.348 e. The summed E-state index contributed by atoms with van der Waals surface area (Å²) in [6.45, 7) is 6.11. The average Bonchev–Trinajstić information content (AvgIpc) is 3.42. The number of carbonyl (C=O) groups excluding carboxylic acids is 1. The lowest BCUT2D eigenvalue weighted by molar-refractivity contribution is 0.0946. The van der Waals surface area contributed by atoms with Crippen molar-refractivity contribution in [3.05, 3.63) is 57.3 Å². The summed E-state index contributed by atoms with van der Waals surface area (Å²) >= 11 is 0. The Morgan fingerprint density at radius 2 is 1.96 bits per heavy atom. The molecule has 0 spiro atoms. The molecule has 0 saturated heterocycles. The van der Waals surface area contributed by atoms with Gasteiger partial charge in [-0.2, -0.15) is 0 Å². The summed E-state index contributed by atoms with van der Waals surface area (Å²) in [5.74, 6) is 0.0785. The van der Waals surface area contributed by atoms with Gasteiger partial charge in [0.05, 0.1) is 0 Å². The van der Waals surface area contributed by atoms with Crippen molar-refractivity contribution in [2.24, 2.45) is 5.41 Å². The second-order valence-electron chi connectivity index (χ2n) is 8.95. The Bertz CT molecular complexity index is 940. The molecule has 0 radical (unpaired) electrons. The van der Waals surface area contributed by atoms with Crippen LogP contribution in [0.3, 0.4) is 0 Å². The number of ketones is 1. The minimum absolute atomic E-state index is 0.136. The Morgan fingerprint density at radius 3 is 2.50 bits per heavy atom. The number of aromatic amines is 1. The lowest BCUT2D eigenvalue weighted by Crippen LogP contribution is -2.25. The van der Waals surface area contributed by atoms with Crippen molar-refractivity contribution in [2.45, 2.75) is 51.9 Å². The number of hydrogen-bond acceptors (Lipinski definition) is 4. The van der Waals surface area contributed by atoms with Crippen LogP contribution >= 0.6 is 0 Å². The lowest BCUT2D eigenvalue weighted by Gasteiger charge is -2.31. The first-order valence-corrected chi connectivity index (χ1v) is 9.67. The quantitative estimate of drug-likeness (QED) is 0.755. The molecule has 1 heterocycles. The number of aromatic nitrogens is 2. The SMILES string of the molecule is CN(C)c1nc(C(=O)C[C@@H](c2ccc(C3CC3)c(F)c2)C(C)(C)C)cc(=O)[nH]1. The molecule has 0 aliphatic heterocycles. The Kier molecular flexibility index (Phi) is 5.41. The van der Waals surface area contributed by atoms with Crippen LogP contribution in [0.5, 0.6) is 0 Å². The minimum atomic E-state index is -0.366. The number of carbonyl (C=O) groups is 1. The summed E-state index contributed by atoms with van der Waals surface area (Å²) in [7, 11) is 3.49. The molecule has 1 aromatic heterocycles. The highest BCUT2D eigenvalue weighted by Gasteiger charge is 2.32. The van der Waals surface area contributed by atoms with E-state index in [1.165, 1.54) is 6.07 Å². The molecule has 0 amide bonds. The molecule has 1 aliphatic rings. The zero-order valence-electron chi connectivity index (χ0n) is 17.2. The Labute approximate surface area is 165 Å². The number of Topliss-reactive ketones (excluding diaryl/α,β-unsaturated/α-hetero) is 1. The summed E-state index contributed by atoms with van der Waals surface area (Å²) in [6.07, 6.45) is 2.24. The molecule has 5 nitrogen and oxygen atoms in total. The van der Waals surface area contributed by atoms with E-state index in [1.54, 1.807) is 25.1 Å². The summed E-state index contributed by atoms with van der Waals surface area (Å²) in [4.78, 5) is 33.4. The molecular weight excluding hydrogens is 357 g/mol. The third-order valence-corrected chi connectivity index (χ3v) is 5.32. The van der Waals surface area contributed by atoms with Crippen molar-refractivity contribution in [3.8, 4) is 0 Å². The predicted molar refractivity (Wildman–Crippen MR) is 109 cm³/mol. The van der Waals surface area contributed by atoms with Gasteiger partial charge >= 0.3 is 0 Å². The molecular formula is C22H28FN3O2. The molecule has 1 aromatic carbocycles. The second-order valence-corrected chi connectivity index (χ2v) is 8.95. The number of nitrogens with one attached hydrogen (secondary N) is 1. The third kappa shape index (κ3) is 4.49. The van der Waals surface area contributed by atoms with E-state index in [4.69, 9.17) is 0 Å². The third-order valence-electron chi connectivity index (χ3n) is 5.32. The zero-order chi connectivity index (χ0) is 20.6. The van der Waals surface area contributed by atoms with E-state index in [9.17, 15) is 14.0 Å². The van der Waals surface area contributed by atoms with Crippen LogP contribution < -0.4 is 10.5 Å². The molecule has 0 unspecified atom stereocenters. The highest BCUT2D eigenvalue weighted by atomic mass is 19.1. The Morgan fingerprint density at radius 1 is 1.29 bits per heavy atom. The van der Waals surface area contributed by atoms with Gasteiger partial charge in [0.15, 0.2) is 5.78 Å². The van der Waals surface area contributed by atoms with E-state index in [2.05, 4.69) is 9.97 Å². The first kappa shape index (κ1) is 20.2. The van der Waals surface area contributed by atoms with Gasteiger partial charge in [-0.3, -0.25) is 14.6 Å². The van der Waals surface area contributed by atoms with E-state index in [1.807, 2.05) is 32.9 Å². The molecule has 3 rings (SSSR count). The van der Waals surface area contributed by atoms with Crippen molar-refractivity contribution in [1.29, 1.82) is 0 Å². The largest absolute Gasteiger partial charge is 0.348 e. The molecule has 150 valence electrons. The van der Waals surface area contributed by atoms with E-state index in [0.29, 0.717) is 11.9 Å². The Hall–Kier alpha value is -2.50. The summed E-state index contributed by atoms with van der Waals surface area (Å²) in [5, 5.41) is 0. The van der Waals surface area contributed by atoms with Crippen LogP contribution in [0.1, 0.15) is 73.5 Å². The lowest BCUT2D eigenvalue weighted by atomic mass is 9.73. The highest BCUT2D eigenvalue weighted by Crippen LogP contribution is 2.43. The van der Waals surface area contributed by atoms with Gasteiger partial charge in [0.25, 0.3) is 5.56 Å². The number of anilines is 1. The van der Waals surface area contributed by atoms with Gasteiger partial charge in [-0.25, -0.2) is 9.37 Å². The zero-order valence-corrected chi connectivity index (χ0v) is 17.2.